The number of carbonyl (C=O) groups is 2. The topological polar surface area (TPSA) is 75.6 Å². The van der Waals surface area contributed by atoms with Crippen LogP contribution in [0.4, 0.5) is 0 Å². The lowest BCUT2D eigenvalue weighted by Crippen LogP contribution is -2.24. The molecule has 5 heteroatoms. The molecule has 1 aromatic carbocycles. The molecule has 2 N–H and O–H groups in total. The third-order valence-corrected chi connectivity index (χ3v) is 2.70. The minimum atomic E-state index is -1.18. The zero-order valence-corrected chi connectivity index (χ0v) is 12.6. The molecule has 1 rings (SSSR count). The first-order chi connectivity index (χ1) is 9.88. The number of amides is 1. The van der Waals surface area contributed by atoms with Gasteiger partial charge < -0.3 is 15.2 Å². The molecule has 0 bridgehead atoms. The van der Waals surface area contributed by atoms with E-state index < -0.39 is 11.9 Å². The van der Waals surface area contributed by atoms with Gasteiger partial charge in [0.1, 0.15) is 11.4 Å². The molecule has 0 radical (unpaired) electrons. The van der Waals surface area contributed by atoms with Crippen LogP contribution < -0.4 is 10.1 Å². The van der Waals surface area contributed by atoms with Crippen LogP contribution in [0.1, 0.15) is 32.8 Å². The van der Waals surface area contributed by atoms with Gasteiger partial charge in [-0.15, -0.1) is 0 Å². The van der Waals surface area contributed by atoms with Crippen molar-refractivity contribution in [2.24, 2.45) is 5.92 Å². The molecule has 0 aliphatic heterocycles. The van der Waals surface area contributed by atoms with Crippen LogP contribution in [0.25, 0.3) is 6.08 Å². The fourth-order valence-electron chi connectivity index (χ4n) is 1.58. The molecule has 0 aromatic heterocycles. The normalized spacial score (nSPS) is 11.3. The monoisotopic (exact) mass is 291 g/mol. The Hall–Kier alpha value is -2.30. The van der Waals surface area contributed by atoms with E-state index in [1.165, 1.54) is 13.0 Å². The van der Waals surface area contributed by atoms with E-state index in [2.05, 4.69) is 19.2 Å². The van der Waals surface area contributed by atoms with Crippen LogP contribution in [-0.2, 0) is 9.59 Å². The summed E-state index contributed by atoms with van der Waals surface area (Å²) in [4.78, 5) is 21.9. The third-order valence-electron chi connectivity index (χ3n) is 2.70. The lowest BCUT2D eigenvalue weighted by Gasteiger charge is -2.08. The lowest BCUT2D eigenvalue weighted by atomic mass is 10.1. The van der Waals surface area contributed by atoms with Crippen molar-refractivity contribution in [3.8, 4) is 5.75 Å². The summed E-state index contributed by atoms with van der Waals surface area (Å²) in [5.74, 6) is -0.271. The Morgan fingerprint density at radius 3 is 2.38 bits per heavy atom. The summed E-state index contributed by atoms with van der Waals surface area (Å²) >= 11 is 0. The Bertz CT molecular complexity index is 518. The molecule has 1 aromatic rings. The second kappa shape index (κ2) is 8.09. The second-order valence-electron chi connectivity index (χ2n) is 5.14. The molecule has 1 amide bonds. The van der Waals surface area contributed by atoms with Gasteiger partial charge in [0.25, 0.3) is 0 Å². The summed E-state index contributed by atoms with van der Waals surface area (Å²) < 4.78 is 5.58. The van der Waals surface area contributed by atoms with Crippen molar-refractivity contribution < 1.29 is 19.4 Å². The zero-order valence-electron chi connectivity index (χ0n) is 12.6. The fourth-order valence-corrected chi connectivity index (χ4v) is 1.58. The van der Waals surface area contributed by atoms with Gasteiger partial charge in [-0.3, -0.25) is 4.79 Å². The molecule has 0 saturated heterocycles. The quantitative estimate of drug-likeness (QED) is 0.757. The maximum atomic E-state index is 11.0. The number of nitrogens with one attached hydrogen (secondary N) is 1. The predicted molar refractivity (Wildman–Crippen MR) is 80.8 cm³/mol. The van der Waals surface area contributed by atoms with E-state index in [1.807, 2.05) is 0 Å². The average molecular weight is 291 g/mol. The maximum Gasteiger partial charge on any atom is 0.352 e. The number of carbonyl (C=O) groups excluding carboxylic acids is 1. The lowest BCUT2D eigenvalue weighted by molar-refractivity contribution is -0.134. The molecule has 0 fully saturated rings. The van der Waals surface area contributed by atoms with Crippen LogP contribution in [0.5, 0.6) is 5.75 Å². The first kappa shape index (κ1) is 16.8. The highest BCUT2D eigenvalue weighted by Gasteiger charge is 2.08. The number of aliphatic carboxylic acids is 1. The summed E-state index contributed by atoms with van der Waals surface area (Å²) in [6, 6.07) is 7.05. The molecule has 0 saturated carbocycles. The molecule has 0 spiro atoms. The van der Waals surface area contributed by atoms with Crippen molar-refractivity contribution in [2.45, 2.75) is 27.2 Å². The zero-order chi connectivity index (χ0) is 15.8. The molecular formula is C16H21NO4. The van der Waals surface area contributed by atoms with Crippen molar-refractivity contribution in [3.63, 3.8) is 0 Å². The molecule has 0 unspecified atom stereocenters. The number of ether oxygens (including phenoxy) is 1. The third kappa shape index (κ3) is 6.61. The van der Waals surface area contributed by atoms with Crippen LogP contribution in [0.2, 0.25) is 0 Å². The van der Waals surface area contributed by atoms with Crippen LogP contribution in [0.15, 0.2) is 30.0 Å². The van der Waals surface area contributed by atoms with Gasteiger partial charge in [0, 0.05) is 6.92 Å². The van der Waals surface area contributed by atoms with Crippen molar-refractivity contribution in [3.05, 3.63) is 35.5 Å². The molecule has 0 aliphatic carbocycles. The number of rotatable bonds is 7. The fraction of sp³-hybridized carbons (Fsp3) is 0.375. The van der Waals surface area contributed by atoms with Crippen LogP contribution >= 0.6 is 0 Å². The average Bonchev–Trinajstić information content (AvgIpc) is 2.39. The summed E-state index contributed by atoms with van der Waals surface area (Å²) in [6.45, 7) is 6.18. The summed E-state index contributed by atoms with van der Waals surface area (Å²) in [5, 5.41) is 11.3. The van der Waals surface area contributed by atoms with E-state index in [0.717, 1.165) is 12.2 Å². The van der Waals surface area contributed by atoms with Gasteiger partial charge in [-0.2, -0.15) is 0 Å². The van der Waals surface area contributed by atoms with E-state index in [1.54, 1.807) is 24.3 Å². The van der Waals surface area contributed by atoms with Crippen LogP contribution in [0.3, 0.4) is 0 Å². The summed E-state index contributed by atoms with van der Waals surface area (Å²) in [7, 11) is 0. The van der Waals surface area contributed by atoms with Crippen molar-refractivity contribution in [1.29, 1.82) is 0 Å². The number of hydrogen-bond acceptors (Lipinski definition) is 3. The van der Waals surface area contributed by atoms with Gasteiger partial charge in [-0.1, -0.05) is 26.0 Å². The minimum absolute atomic E-state index is 0.157. The molecule has 0 atom stereocenters. The Morgan fingerprint density at radius 2 is 1.90 bits per heavy atom. The number of carboxylic acids is 1. The number of carboxylic acid groups (broad SMARTS) is 1. The Labute approximate surface area is 124 Å². The smallest absolute Gasteiger partial charge is 0.352 e. The van der Waals surface area contributed by atoms with Gasteiger partial charge in [-0.25, -0.2) is 4.79 Å². The van der Waals surface area contributed by atoms with Crippen LogP contribution in [-0.4, -0.2) is 23.6 Å². The summed E-state index contributed by atoms with van der Waals surface area (Å²) in [5.41, 5.74) is 0.522. The number of benzene rings is 1. The maximum absolute atomic E-state index is 11.0. The Morgan fingerprint density at radius 1 is 1.29 bits per heavy atom. The van der Waals surface area contributed by atoms with E-state index in [-0.39, 0.29) is 5.70 Å². The van der Waals surface area contributed by atoms with Gasteiger partial charge in [0.05, 0.1) is 6.61 Å². The first-order valence-corrected chi connectivity index (χ1v) is 6.84. The standard InChI is InChI=1S/C16H21NO4/c1-11(2)8-9-21-14-6-4-13(5-7-14)10-15(16(19)20)17-12(3)18/h4-7,10-11H,8-9H2,1-3H3,(H,17,18)(H,19,20)/b15-10-. The molecule has 5 nitrogen and oxygen atoms in total. The first-order valence-electron chi connectivity index (χ1n) is 6.84. The molecule has 114 valence electrons. The predicted octanol–water partition coefficient (Wildman–Crippen LogP) is 2.67. The molecule has 0 aliphatic rings. The number of hydrogen-bond donors (Lipinski definition) is 2. The Balaban J connectivity index is 2.71. The highest BCUT2D eigenvalue weighted by Crippen LogP contribution is 2.15. The molecule has 0 heterocycles. The van der Waals surface area contributed by atoms with E-state index >= 15 is 0 Å². The highest BCUT2D eigenvalue weighted by atomic mass is 16.5. The van der Waals surface area contributed by atoms with Gasteiger partial charge in [0.2, 0.25) is 5.91 Å². The summed E-state index contributed by atoms with van der Waals surface area (Å²) in [6.07, 6.45) is 2.38. The second-order valence-corrected chi connectivity index (χ2v) is 5.14. The molecule has 21 heavy (non-hydrogen) atoms. The van der Waals surface area contributed by atoms with Gasteiger partial charge in [0.15, 0.2) is 0 Å². The highest BCUT2D eigenvalue weighted by molar-refractivity contribution is 5.96. The van der Waals surface area contributed by atoms with Crippen molar-refractivity contribution in [2.75, 3.05) is 6.61 Å². The largest absolute Gasteiger partial charge is 0.494 e. The van der Waals surface area contributed by atoms with E-state index in [9.17, 15) is 9.59 Å². The van der Waals surface area contributed by atoms with Crippen molar-refractivity contribution >= 4 is 18.0 Å². The minimum Gasteiger partial charge on any atom is -0.494 e. The van der Waals surface area contributed by atoms with E-state index in [4.69, 9.17) is 9.84 Å². The van der Waals surface area contributed by atoms with Gasteiger partial charge in [-0.05, 0) is 36.1 Å². The Kier molecular flexibility index (Phi) is 6.46. The molecular weight excluding hydrogens is 270 g/mol. The van der Waals surface area contributed by atoms with E-state index in [0.29, 0.717) is 18.1 Å². The SMILES string of the molecule is CC(=O)N/C(=C\c1ccc(OCCC(C)C)cc1)C(=O)O. The van der Waals surface area contributed by atoms with Crippen LogP contribution in [0, 0.1) is 5.92 Å². The van der Waals surface area contributed by atoms with Crippen molar-refractivity contribution in [1.82, 2.24) is 5.32 Å². The van der Waals surface area contributed by atoms with Gasteiger partial charge >= 0.3 is 5.97 Å².